The molecule has 74 valence electrons. The Labute approximate surface area is 132 Å². The molecule has 1 aromatic carbocycles. The quantitative estimate of drug-likeness (QED) is 0.603. The van der Waals surface area contributed by atoms with Crippen LogP contribution in [-0.2, 0) is 6.42 Å². The second kappa shape index (κ2) is 5.47. The van der Waals surface area contributed by atoms with E-state index in [2.05, 4.69) is 53.2 Å². The SMILES string of the molecule is Cc1ccc(Cc2cc(Br)cc[c]2[RaH])s1. The van der Waals surface area contributed by atoms with Crippen molar-refractivity contribution in [1.82, 2.24) is 0 Å². The normalized spacial score (nSPS) is 10.5. The van der Waals surface area contributed by atoms with Crippen LogP contribution in [0, 0.1) is 49.7 Å². The van der Waals surface area contributed by atoms with Gasteiger partial charge in [-0.15, -0.1) is 0 Å². The summed E-state index contributed by atoms with van der Waals surface area (Å²) in [6.07, 6.45) is 1.10. The molecule has 0 aliphatic heterocycles. The van der Waals surface area contributed by atoms with Gasteiger partial charge in [0.25, 0.3) is 0 Å². The summed E-state index contributed by atoms with van der Waals surface area (Å²) in [6, 6.07) is 11.1. The van der Waals surface area contributed by atoms with Crippen LogP contribution in [0.3, 0.4) is 0 Å². The molecule has 0 saturated carbocycles. The summed E-state index contributed by atoms with van der Waals surface area (Å²) >= 11 is 5.89. The van der Waals surface area contributed by atoms with Crippen LogP contribution in [0.4, 0.5) is 0 Å². The molecule has 0 saturated heterocycles. The van der Waals surface area contributed by atoms with Crippen LogP contribution in [0.5, 0.6) is 0 Å². The van der Waals surface area contributed by atoms with Crippen molar-refractivity contribution < 1.29 is 42.8 Å². The molecule has 0 amide bonds. The summed E-state index contributed by atoms with van der Waals surface area (Å²) in [6.45, 7) is 2.17. The first-order chi connectivity index (χ1) is 7.15. The zero-order valence-corrected chi connectivity index (χ0v) is 19.5. The second-order valence-corrected chi connectivity index (χ2v) is 10.5. The van der Waals surface area contributed by atoms with Crippen molar-refractivity contribution in [3.8, 4) is 0 Å². The molecule has 0 atom stereocenters. The van der Waals surface area contributed by atoms with E-state index in [0.717, 1.165) is 6.42 Å². The number of thiophene rings is 1. The van der Waals surface area contributed by atoms with E-state index < -0.39 is 0 Å². The fourth-order valence-electron chi connectivity index (χ4n) is 1.60. The van der Waals surface area contributed by atoms with Crippen molar-refractivity contribution in [2.45, 2.75) is 13.3 Å². The Morgan fingerprint density at radius 2 is 2.07 bits per heavy atom. The van der Waals surface area contributed by atoms with Crippen LogP contribution >= 0.6 is 27.3 Å². The third-order valence-electron chi connectivity index (χ3n) is 2.47. The van der Waals surface area contributed by atoms with Gasteiger partial charge in [-0.25, -0.2) is 0 Å². The Bertz CT molecular complexity index is 476. The van der Waals surface area contributed by atoms with Crippen molar-refractivity contribution in [1.29, 1.82) is 0 Å². The molecule has 0 fully saturated rings. The molecule has 0 spiro atoms. The van der Waals surface area contributed by atoms with E-state index in [1.165, 1.54) is 19.8 Å². The molecule has 0 aliphatic carbocycles. The summed E-state index contributed by atoms with van der Waals surface area (Å²) in [7, 11) is 0. The predicted octanol–water partition coefficient (Wildman–Crippen LogP) is 3.32. The van der Waals surface area contributed by atoms with E-state index >= 15 is 0 Å². The molecule has 2 aromatic rings. The van der Waals surface area contributed by atoms with Crippen molar-refractivity contribution in [2.24, 2.45) is 0 Å². The zero-order valence-electron chi connectivity index (χ0n) is 8.88. The topological polar surface area (TPSA) is 0 Å². The van der Waals surface area contributed by atoms with Crippen LogP contribution in [0.15, 0.2) is 34.8 Å². The maximum absolute atomic E-state index is 3.54. The minimum atomic E-state index is 0.443. The molecule has 1 aromatic heterocycles. The number of rotatable bonds is 2. The van der Waals surface area contributed by atoms with Gasteiger partial charge in [0.05, 0.1) is 0 Å². The van der Waals surface area contributed by atoms with Crippen molar-refractivity contribution in [3.05, 3.63) is 50.1 Å². The number of hydrogen-bond acceptors (Lipinski definition) is 1. The van der Waals surface area contributed by atoms with E-state index in [1.54, 1.807) is 0.604 Å². The Balaban J connectivity index is 2.27. The predicted molar refractivity (Wildman–Crippen MR) is 67.0 cm³/mol. The Hall–Kier alpha value is 0.868. The third-order valence-corrected chi connectivity index (χ3v) is 7.98. The standard InChI is InChI=1S/C12H10BrS.Ra.H/c1-9-5-6-12(14-9)8-10-3-2-4-11(13)7-10;;/h2,4-7H,8H2,1H3;;. The molecule has 0 unspecified atom stereocenters. The van der Waals surface area contributed by atoms with Gasteiger partial charge in [-0.05, 0) is 0 Å². The number of aryl methyl sites for hydroxylation is 1. The molecular formula is C12H11BrRaS. The molecule has 0 aliphatic rings. The van der Waals surface area contributed by atoms with E-state index in [1.807, 2.05) is 11.3 Å². The van der Waals surface area contributed by atoms with Crippen LogP contribution in [0.1, 0.15) is 15.3 Å². The van der Waals surface area contributed by atoms with Gasteiger partial charge in [0.2, 0.25) is 0 Å². The van der Waals surface area contributed by atoms with E-state index in [9.17, 15) is 0 Å². The molecule has 0 radical (unpaired) electrons. The summed E-state index contributed by atoms with van der Waals surface area (Å²) in [5.41, 5.74) is 1.51. The average molecular weight is 493 g/mol. The summed E-state index contributed by atoms with van der Waals surface area (Å²) in [5, 5.41) is 0. The molecule has 0 nitrogen and oxygen atoms in total. The first-order valence-corrected chi connectivity index (χ1v) is 10.7. The van der Waals surface area contributed by atoms with Crippen molar-refractivity contribution in [2.75, 3.05) is 0 Å². The Morgan fingerprint density at radius 1 is 1.27 bits per heavy atom. The van der Waals surface area contributed by atoms with Crippen LogP contribution < -0.4 is 0.604 Å². The minimum absolute atomic E-state index is 0.443. The van der Waals surface area contributed by atoms with Crippen molar-refractivity contribution in [3.63, 3.8) is 0 Å². The van der Waals surface area contributed by atoms with Crippen LogP contribution in [0.25, 0.3) is 0 Å². The summed E-state index contributed by atoms with van der Waals surface area (Å²) < 4.78 is 2.79. The summed E-state index contributed by atoms with van der Waals surface area (Å²) in [5.74, 6) is 0. The molecular weight excluding hydrogens is 482 g/mol. The van der Waals surface area contributed by atoms with Gasteiger partial charge in [-0.3, -0.25) is 0 Å². The fraction of sp³-hybridized carbons (Fsp3) is 0.167. The Kier molecular flexibility index (Phi) is 4.49. The van der Waals surface area contributed by atoms with E-state index in [-0.39, 0.29) is 0 Å². The fourth-order valence-corrected chi connectivity index (χ4v) is 4.92. The number of hydrogen-bond donors (Lipinski definition) is 0. The van der Waals surface area contributed by atoms with Crippen LogP contribution in [-0.4, -0.2) is 0 Å². The van der Waals surface area contributed by atoms with E-state index in [4.69, 9.17) is 0 Å². The zero-order chi connectivity index (χ0) is 10.8. The molecule has 0 bridgehead atoms. The first-order valence-electron chi connectivity index (χ1n) is 4.95. The van der Waals surface area contributed by atoms with Gasteiger partial charge < -0.3 is 0 Å². The summed E-state index contributed by atoms with van der Waals surface area (Å²) in [4.78, 5) is 2.88. The van der Waals surface area contributed by atoms with Gasteiger partial charge in [-0.2, -0.15) is 0 Å². The molecule has 0 N–H and O–H groups in total. The number of benzene rings is 1. The van der Waals surface area contributed by atoms with Gasteiger partial charge in [0.15, 0.2) is 0 Å². The molecule has 15 heavy (non-hydrogen) atoms. The van der Waals surface area contributed by atoms with Gasteiger partial charge in [0, 0.05) is 0 Å². The Morgan fingerprint density at radius 3 is 2.73 bits per heavy atom. The van der Waals surface area contributed by atoms with Crippen molar-refractivity contribution >= 4 is 27.9 Å². The second-order valence-electron chi connectivity index (χ2n) is 3.76. The molecule has 1 heterocycles. The average Bonchev–Trinajstić information content (AvgIpc) is 2.58. The van der Waals surface area contributed by atoms with Crippen LogP contribution in [0.2, 0.25) is 0 Å². The van der Waals surface area contributed by atoms with E-state index in [0.29, 0.717) is 42.8 Å². The third kappa shape index (κ3) is 3.41. The van der Waals surface area contributed by atoms with Gasteiger partial charge >= 0.3 is 134 Å². The first kappa shape index (κ1) is 12.3. The molecule has 2 rings (SSSR count). The number of halogens is 1. The maximum atomic E-state index is 3.54. The van der Waals surface area contributed by atoms with Gasteiger partial charge in [-0.1, -0.05) is 0 Å². The van der Waals surface area contributed by atoms with Gasteiger partial charge in [0.1, 0.15) is 0 Å². The monoisotopic (exact) mass is 492 g/mol. The molecule has 3 heteroatoms.